The van der Waals surface area contributed by atoms with Crippen molar-refractivity contribution in [1.82, 2.24) is 5.32 Å². The molecule has 0 aliphatic rings. The number of carbonyl (C=O) groups excluding carboxylic acids is 1. The average molecular weight is 666 g/mol. The quantitative estimate of drug-likeness (QED) is 0.0390. The number of aliphatic hydroxyl groups excluding tert-OH is 3. The van der Waals surface area contributed by atoms with Crippen molar-refractivity contribution in [3.8, 4) is 0 Å². The second-order valence-corrected chi connectivity index (χ2v) is 14.5. The minimum absolute atomic E-state index is 0.153. The summed E-state index contributed by atoms with van der Waals surface area (Å²) in [6.07, 6.45) is 43.2. The Morgan fingerprint density at radius 3 is 1.28 bits per heavy atom. The van der Waals surface area contributed by atoms with Crippen molar-refractivity contribution in [1.29, 1.82) is 0 Å². The number of nitrogens with one attached hydrogen (secondary N) is 1. The third-order valence-corrected chi connectivity index (χ3v) is 9.87. The Labute approximate surface area is 293 Å². The van der Waals surface area contributed by atoms with Crippen molar-refractivity contribution < 1.29 is 20.1 Å². The van der Waals surface area contributed by atoms with Gasteiger partial charge < -0.3 is 20.6 Å². The minimum atomic E-state index is -1.14. The van der Waals surface area contributed by atoms with Gasteiger partial charge >= 0.3 is 0 Å². The van der Waals surface area contributed by atoms with Gasteiger partial charge in [0.1, 0.15) is 6.10 Å². The van der Waals surface area contributed by atoms with Gasteiger partial charge in [-0.2, -0.15) is 0 Å². The highest BCUT2D eigenvalue weighted by Crippen LogP contribution is 2.17. The molecule has 0 aromatic carbocycles. The summed E-state index contributed by atoms with van der Waals surface area (Å²) in [5.41, 5.74) is 0. The smallest absolute Gasteiger partial charge is 0.220 e. The van der Waals surface area contributed by atoms with Crippen LogP contribution in [0.5, 0.6) is 0 Å². The molecule has 0 aliphatic heterocycles. The second kappa shape index (κ2) is 37.9. The molecular weight excluding hydrogens is 582 g/mol. The van der Waals surface area contributed by atoms with Gasteiger partial charge in [0.15, 0.2) is 0 Å². The lowest BCUT2D eigenvalue weighted by Gasteiger charge is -2.26. The summed E-state index contributed by atoms with van der Waals surface area (Å²) < 4.78 is 0. The number of aliphatic hydroxyl groups is 3. The molecule has 0 aromatic heterocycles. The van der Waals surface area contributed by atoms with Gasteiger partial charge in [-0.3, -0.25) is 4.79 Å². The van der Waals surface area contributed by atoms with E-state index in [1.54, 1.807) is 0 Å². The fourth-order valence-corrected chi connectivity index (χ4v) is 6.57. The molecule has 47 heavy (non-hydrogen) atoms. The van der Waals surface area contributed by atoms with E-state index in [2.05, 4.69) is 31.3 Å². The highest BCUT2D eigenvalue weighted by molar-refractivity contribution is 5.76. The highest BCUT2D eigenvalue weighted by Gasteiger charge is 2.26. The van der Waals surface area contributed by atoms with E-state index < -0.39 is 18.2 Å². The van der Waals surface area contributed by atoms with E-state index in [1.807, 2.05) is 0 Å². The molecule has 0 heterocycles. The lowest BCUT2D eigenvalue weighted by molar-refractivity contribution is -0.124. The molecule has 0 radical (unpaired) electrons. The maximum atomic E-state index is 12.4. The van der Waals surface area contributed by atoms with Crippen molar-refractivity contribution in [2.75, 3.05) is 6.61 Å². The molecule has 5 heteroatoms. The van der Waals surface area contributed by atoms with Gasteiger partial charge in [-0.25, -0.2) is 0 Å². The number of allylic oxidation sites excluding steroid dienone is 2. The molecule has 0 aromatic rings. The molecule has 3 unspecified atom stereocenters. The van der Waals surface area contributed by atoms with Crippen LogP contribution < -0.4 is 5.32 Å². The van der Waals surface area contributed by atoms with Crippen LogP contribution in [0.4, 0.5) is 0 Å². The zero-order chi connectivity index (χ0) is 34.5. The van der Waals surface area contributed by atoms with Gasteiger partial charge in [0.25, 0.3) is 0 Å². The van der Waals surface area contributed by atoms with Crippen molar-refractivity contribution in [3.63, 3.8) is 0 Å². The van der Waals surface area contributed by atoms with E-state index in [1.165, 1.54) is 154 Å². The molecule has 0 aliphatic carbocycles. The Bertz CT molecular complexity index is 655. The number of hydrogen-bond donors (Lipinski definition) is 4. The number of amides is 1. The van der Waals surface area contributed by atoms with Gasteiger partial charge in [-0.05, 0) is 38.5 Å². The van der Waals surface area contributed by atoms with E-state index in [0.717, 1.165) is 44.9 Å². The first kappa shape index (κ1) is 46.1. The molecular formula is C42H83NO4. The maximum absolute atomic E-state index is 12.4. The summed E-state index contributed by atoms with van der Waals surface area (Å²) >= 11 is 0. The summed E-state index contributed by atoms with van der Waals surface area (Å²) in [5, 5.41) is 33.5. The fourth-order valence-electron chi connectivity index (χ4n) is 6.57. The van der Waals surface area contributed by atoms with Gasteiger partial charge in [0, 0.05) is 6.42 Å². The average Bonchev–Trinajstić information content (AvgIpc) is 3.07. The largest absolute Gasteiger partial charge is 0.394 e. The second-order valence-electron chi connectivity index (χ2n) is 14.5. The summed E-state index contributed by atoms with van der Waals surface area (Å²) in [6.45, 7) is 4.15. The molecule has 0 saturated heterocycles. The monoisotopic (exact) mass is 666 g/mol. The van der Waals surface area contributed by atoms with E-state index in [0.29, 0.717) is 12.8 Å². The van der Waals surface area contributed by atoms with Crippen molar-refractivity contribution in [3.05, 3.63) is 12.2 Å². The van der Waals surface area contributed by atoms with Crippen LogP contribution in [0.1, 0.15) is 226 Å². The summed E-state index contributed by atoms with van der Waals surface area (Å²) in [4.78, 5) is 12.4. The maximum Gasteiger partial charge on any atom is 0.220 e. The Hall–Kier alpha value is -0.910. The first-order chi connectivity index (χ1) is 23.1. The SMILES string of the molecule is CCCCC/C=C\CCCCCCCC(=O)NC(CO)C(O)C(O)CCCCCCCCCCCCCCCCCCCCCCC. The van der Waals surface area contributed by atoms with Crippen LogP contribution in [-0.2, 0) is 4.79 Å². The zero-order valence-corrected chi connectivity index (χ0v) is 31.7. The Kier molecular flexibility index (Phi) is 37.2. The highest BCUT2D eigenvalue weighted by atomic mass is 16.3. The van der Waals surface area contributed by atoms with E-state index >= 15 is 0 Å². The predicted octanol–water partition coefficient (Wildman–Crippen LogP) is 11.7. The van der Waals surface area contributed by atoms with Crippen LogP contribution in [0.2, 0.25) is 0 Å². The topological polar surface area (TPSA) is 89.8 Å². The van der Waals surface area contributed by atoms with Crippen LogP contribution >= 0.6 is 0 Å². The fraction of sp³-hybridized carbons (Fsp3) is 0.929. The van der Waals surface area contributed by atoms with Crippen LogP contribution in [0, 0.1) is 0 Å². The number of carbonyl (C=O) groups is 1. The lowest BCUT2D eigenvalue weighted by atomic mass is 9.99. The molecule has 0 saturated carbocycles. The van der Waals surface area contributed by atoms with Crippen LogP contribution in [0.25, 0.3) is 0 Å². The first-order valence-corrected chi connectivity index (χ1v) is 21.0. The molecule has 0 spiro atoms. The van der Waals surface area contributed by atoms with Gasteiger partial charge in [0.2, 0.25) is 5.91 Å². The van der Waals surface area contributed by atoms with E-state index in [4.69, 9.17) is 0 Å². The Balaban J connectivity index is 3.59. The summed E-state index contributed by atoms with van der Waals surface area (Å²) in [6, 6.07) is -0.809. The molecule has 3 atom stereocenters. The number of hydrogen-bond acceptors (Lipinski definition) is 4. The molecule has 0 bridgehead atoms. The molecule has 1 amide bonds. The Morgan fingerprint density at radius 1 is 0.511 bits per heavy atom. The first-order valence-electron chi connectivity index (χ1n) is 21.0. The summed E-state index contributed by atoms with van der Waals surface area (Å²) in [7, 11) is 0. The van der Waals surface area contributed by atoms with Crippen LogP contribution in [0.15, 0.2) is 12.2 Å². The third kappa shape index (κ3) is 33.4. The normalized spacial score (nSPS) is 13.7. The molecule has 5 nitrogen and oxygen atoms in total. The van der Waals surface area contributed by atoms with Crippen molar-refractivity contribution in [2.24, 2.45) is 0 Å². The van der Waals surface area contributed by atoms with Gasteiger partial charge in [-0.1, -0.05) is 193 Å². The Morgan fingerprint density at radius 2 is 0.851 bits per heavy atom. The molecule has 280 valence electrons. The number of unbranched alkanes of at least 4 members (excludes halogenated alkanes) is 28. The van der Waals surface area contributed by atoms with Crippen LogP contribution in [0.3, 0.4) is 0 Å². The summed E-state index contributed by atoms with van der Waals surface area (Å²) in [5.74, 6) is -0.153. The van der Waals surface area contributed by atoms with Crippen molar-refractivity contribution >= 4 is 5.91 Å². The third-order valence-electron chi connectivity index (χ3n) is 9.87. The minimum Gasteiger partial charge on any atom is -0.394 e. The van der Waals surface area contributed by atoms with Crippen LogP contribution in [-0.4, -0.2) is 46.1 Å². The molecule has 0 rings (SSSR count). The van der Waals surface area contributed by atoms with E-state index in [9.17, 15) is 20.1 Å². The number of rotatable bonds is 38. The van der Waals surface area contributed by atoms with E-state index in [-0.39, 0.29) is 12.5 Å². The zero-order valence-electron chi connectivity index (χ0n) is 31.7. The van der Waals surface area contributed by atoms with Gasteiger partial charge in [-0.15, -0.1) is 0 Å². The van der Waals surface area contributed by atoms with Gasteiger partial charge in [0.05, 0.1) is 18.8 Å². The predicted molar refractivity (Wildman–Crippen MR) is 204 cm³/mol. The molecule has 0 fully saturated rings. The van der Waals surface area contributed by atoms with Crippen molar-refractivity contribution in [2.45, 2.75) is 244 Å². The lowest BCUT2D eigenvalue weighted by Crippen LogP contribution is -2.50. The molecule has 4 N–H and O–H groups in total. The standard InChI is InChI=1S/C42H83NO4/c1-3-5-7-9-11-13-15-17-18-19-20-21-22-23-24-25-26-28-30-32-34-36-40(45)42(47)39(38-44)43-41(46)37-35-33-31-29-27-16-14-12-10-8-6-4-2/h12,14,39-40,42,44-45,47H,3-11,13,15-38H2,1-2H3,(H,43,46)/b14-12-.